The first-order valence-corrected chi connectivity index (χ1v) is 27.3. The van der Waals surface area contributed by atoms with Crippen molar-refractivity contribution < 1.29 is 49.3 Å². The number of carbonyl (C=O) groups excluding carboxylic acids is 2. The Kier molecular flexibility index (Phi) is 42.0. The van der Waals surface area contributed by atoms with Crippen molar-refractivity contribution in [3.63, 3.8) is 0 Å². The highest BCUT2D eigenvalue weighted by atomic mass is 16.7. The zero-order valence-corrected chi connectivity index (χ0v) is 43.0. The van der Waals surface area contributed by atoms with Crippen LogP contribution in [0.2, 0.25) is 0 Å². The summed E-state index contributed by atoms with van der Waals surface area (Å²) in [6.07, 6.45) is 45.2. The molecular formula is C57H99NO10. The normalized spacial score (nSPS) is 20.5. The number of carbonyl (C=O) groups is 2. The number of hydrogen-bond acceptors (Lipinski definition) is 10. The lowest BCUT2D eigenvalue weighted by Crippen LogP contribution is -2.61. The quantitative estimate of drug-likeness (QED) is 0.0149. The summed E-state index contributed by atoms with van der Waals surface area (Å²) in [7, 11) is 0. The van der Waals surface area contributed by atoms with E-state index in [9.17, 15) is 35.1 Å². The van der Waals surface area contributed by atoms with Gasteiger partial charge >= 0.3 is 5.97 Å². The molecule has 8 atom stereocenters. The third-order valence-corrected chi connectivity index (χ3v) is 12.4. The van der Waals surface area contributed by atoms with Crippen molar-refractivity contribution in [3.05, 3.63) is 72.9 Å². The summed E-state index contributed by atoms with van der Waals surface area (Å²) < 4.78 is 17.5. The number of nitrogens with one attached hydrogen (secondary N) is 1. The Labute approximate surface area is 413 Å². The zero-order chi connectivity index (χ0) is 49.7. The molecule has 1 saturated heterocycles. The van der Waals surface area contributed by atoms with Crippen LogP contribution in [0.25, 0.3) is 0 Å². The number of aliphatic hydroxyl groups excluding tert-OH is 5. The van der Waals surface area contributed by atoms with Crippen LogP contribution in [0.3, 0.4) is 0 Å². The van der Waals surface area contributed by atoms with Crippen LogP contribution in [0.1, 0.15) is 213 Å². The Balaban J connectivity index is 2.80. The highest BCUT2D eigenvalue weighted by molar-refractivity contribution is 5.80. The minimum Gasteiger partial charge on any atom is -0.454 e. The molecule has 1 rings (SSSR count). The van der Waals surface area contributed by atoms with Gasteiger partial charge in [0.15, 0.2) is 12.4 Å². The predicted molar refractivity (Wildman–Crippen MR) is 278 cm³/mol. The molecule has 1 aliphatic heterocycles. The minimum absolute atomic E-state index is 0.0976. The van der Waals surface area contributed by atoms with Gasteiger partial charge in [-0.15, -0.1) is 0 Å². The highest BCUT2D eigenvalue weighted by Gasteiger charge is 2.47. The number of aliphatic hydroxyl groups is 5. The number of esters is 1. The molecular weight excluding hydrogens is 859 g/mol. The molecule has 0 aromatic carbocycles. The Morgan fingerprint density at radius 3 is 1.63 bits per heavy atom. The minimum atomic E-state index is -1.62. The average Bonchev–Trinajstić information content (AvgIpc) is 3.33. The van der Waals surface area contributed by atoms with E-state index in [4.69, 9.17) is 14.2 Å². The summed E-state index contributed by atoms with van der Waals surface area (Å²) >= 11 is 0. The number of ether oxygens (including phenoxy) is 3. The zero-order valence-electron chi connectivity index (χ0n) is 43.0. The van der Waals surface area contributed by atoms with Crippen molar-refractivity contribution in [2.75, 3.05) is 13.2 Å². The number of allylic oxidation sites excluding steroid dienone is 11. The van der Waals surface area contributed by atoms with Crippen LogP contribution in [-0.2, 0) is 23.8 Å². The third-order valence-electron chi connectivity index (χ3n) is 12.4. The maximum Gasteiger partial charge on any atom is 0.306 e. The van der Waals surface area contributed by atoms with Gasteiger partial charge < -0.3 is 45.1 Å². The summed E-state index contributed by atoms with van der Waals surface area (Å²) in [5.74, 6) is -1.24. The molecule has 1 heterocycles. The van der Waals surface area contributed by atoms with Crippen LogP contribution < -0.4 is 5.32 Å². The monoisotopic (exact) mass is 958 g/mol. The van der Waals surface area contributed by atoms with E-state index < -0.39 is 67.4 Å². The Morgan fingerprint density at radius 2 is 1.07 bits per heavy atom. The van der Waals surface area contributed by atoms with Crippen molar-refractivity contribution in [1.82, 2.24) is 5.32 Å². The van der Waals surface area contributed by atoms with Crippen molar-refractivity contribution >= 4 is 11.9 Å². The summed E-state index contributed by atoms with van der Waals surface area (Å²) in [6.45, 7) is 5.58. The fraction of sp³-hybridized carbons (Fsp3) is 0.754. The van der Waals surface area contributed by atoms with E-state index in [0.717, 1.165) is 77.0 Å². The standard InChI is InChI=1S/C57H99NO10/c1-4-7-10-13-16-19-22-25-27-29-32-35-38-41-44-50(61)56(65)58-48(49(60)43-40-37-34-31-28-24-21-18-15-12-9-6-3)47-66-57-55(54(64)53(63)51(46-59)67-57)68-52(62)45-42-39-36-33-30-26-23-20-17-14-11-8-5-2/h7,10,13,16,19,22,25-27,30,40,43,48-51,53-55,57,59-61,63-64H,4-6,8-9,11-12,14-15,17-18,20-21,23-24,28-29,31-39,41-42,44-47H2,1-3H3,(H,58,65)/b10-7+,16-13+,22-19+,27-25-,30-26-,43-40+. The SMILES string of the molecule is CC/C=C/C=C/C=C/C=C\CCCCCCC(O)C(=O)NC(COC1OC(CO)C(O)C(O)C1OC(=O)CCCCC/C=C\CCCCCCCC)C(O)/C=C/CCCCCCCCCCCC. The number of amides is 1. The van der Waals surface area contributed by atoms with Gasteiger partial charge in [-0.2, -0.15) is 0 Å². The molecule has 68 heavy (non-hydrogen) atoms. The molecule has 0 aromatic rings. The largest absolute Gasteiger partial charge is 0.454 e. The van der Waals surface area contributed by atoms with Crippen molar-refractivity contribution in [1.29, 1.82) is 0 Å². The lowest BCUT2D eigenvalue weighted by atomic mass is 9.99. The topological polar surface area (TPSA) is 175 Å². The molecule has 11 heteroatoms. The summed E-state index contributed by atoms with van der Waals surface area (Å²) in [5, 5.41) is 56.6. The van der Waals surface area contributed by atoms with Gasteiger partial charge in [-0.1, -0.05) is 209 Å². The van der Waals surface area contributed by atoms with Gasteiger partial charge in [0.1, 0.15) is 24.4 Å². The van der Waals surface area contributed by atoms with E-state index in [1.54, 1.807) is 6.08 Å². The molecule has 0 bridgehead atoms. The van der Waals surface area contributed by atoms with Crippen molar-refractivity contribution in [3.8, 4) is 0 Å². The van der Waals surface area contributed by atoms with Gasteiger partial charge in [0.2, 0.25) is 5.91 Å². The Morgan fingerprint density at radius 1 is 0.588 bits per heavy atom. The Hall–Kier alpha value is -2.90. The Bertz CT molecular complexity index is 1380. The first-order valence-electron chi connectivity index (χ1n) is 27.3. The molecule has 0 aliphatic carbocycles. The van der Waals surface area contributed by atoms with Gasteiger partial charge in [-0.3, -0.25) is 9.59 Å². The summed E-state index contributed by atoms with van der Waals surface area (Å²) in [6, 6.07) is -1.04. The molecule has 0 spiro atoms. The van der Waals surface area contributed by atoms with E-state index in [0.29, 0.717) is 12.8 Å². The average molecular weight is 958 g/mol. The van der Waals surface area contributed by atoms with E-state index in [1.807, 2.05) is 42.5 Å². The van der Waals surface area contributed by atoms with Crippen molar-refractivity contribution in [2.45, 2.75) is 262 Å². The molecule has 0 aromatic heterocycles. The van der Waals surface area contributed by atoms with E-state index >= 15 is 0 Å². The second-order valence-corrected chi connectivity index (χ2v) is 18.7. The van der Waals surface area contributed by atoms with E-state index in [2.05, 4.69) is 50.4 Å². The first kappa shape index (κ1) is 63.1. The summed E-state index contributed by atoms with van der Waals surface area (Å²) in [4.78, 5) is 26.4. The number of rotatable bonds is 44. The molecule has 0 saturated carbocycles. The molecule has 0 radical (unpaired) electrons. The molecule has 6 N–H and O–H groups in total. The predicted octanol–water partition coefficient (Wildman–Crippen LogP) is 11.7. The van der Waals surface area contributed by atoms with Crippen LogP contribution in [0.15, 0.2) is 72.9 Å². The lowest BCUT2D eigenvalue weighted by Gasteiger charge is -2.41. The molecule has 11 nitrogen and oxygen atoms in total. The third kappa shape index (κ3) is 33.6. The van der Waals surface area contributed by atoms with Crippen molar-refractivity contribution in [2.24, 2.45) is 0 Å². The maximum atomic E-state index is 13.3. The van der Waals surface area contributed by atoms with Gasteiger partial charge in [-0.25, -0.2) is 0 Å². The van der Waals surface area contributed by atoms with Gasteiger partial charge in [0, 0.05) is 6.42 Å². The van der Waals surface area contributed by atoms with Crippen LogP contribution in [-0.4, -0.2) is 99.6 Å². The van der Waals surface area contributed by atoms with Crippen LogP contribution >= 0.6 is 0 Å². The van der Waals surface area contributed by atoms with E-state index in [1.165, 1.54) is 89.9 Å². The van der Waals surface area contributed by atoms with Gasteiger partial charge in [0.05, 0.1) is 25.4 Å². The second-order valence-electron chi connectivity index (χ2n) is 18.7. The first-order chi connectivity index (χ1) is 33.2. The van der Waals surface area contributed by atoms with Crippen LogP contribution in [0, 0.1) is 0 Å². The molecule has 392 valence electrons. The highest BCUT2D eigenvalue weighted by Crippen LogP contribution is 2.26. The molecule has 1 aliphatic rings. The van der Waals surface area contributed by atoms with Crippen LogP contribution in [0.4, 0.5) is 0 Å². The maximum absolute atomic E-state index is 13.3. The van der Waals surface area contributed by atoms with Crippen LogP contribution in [0.5, 0.6) is 0 Å². The number of hydrogen-bond donors (Lipinski definition) is 6. The fourth-order valence-electron chi connectivity index (χ4n) is 8.07. The second kappa shape index (κ2) is 45.3. The molecule has 8 unspecified atom stereocenters. The lowest BCUT2D eigenvalue weighted by molar-refractivity contribution is -0.305. The summed E-state index contributed by atoms with van der Waals surface area (Å²) in [5.41, 5.74) is 0. The van der Waals surface area contributed by atoms with Gasteiger partial charge in [-0.05, 0) is 70.6 Å². The molecule has 1 amide bonds. The van der Waals surface area contributed by atoms with Gasteiger partial charge in [0.25, 0.3) is 0 Å². The smallest absolute Gasteiger partial charge is 0.306 e. The molecule has 1 fully saturated rings. The number of unbranched alkanes of at least 4 members (excludes halogenated alkanes) is 23. The van der Waals surface area contributed by atoms with E-state index in [-0.39, 0.29) is 19.4 Å². The fourth-order valence-corrected chi connectivity index (χ4v) is 8.07.